The average Bonchev–Trinajstić information content (AvgIpc) is 2.80. The first-order chi connectivity index (χ1) is 9.08. The normalized spacial score (nSPS) is 10.3. The Labute approximate surface area is 115 Å². The van der Waals surface area contributed by atoms with E-state index in [1.54, 1.807) is 19.6 Å². The standard InChI is InChI=1S/C14H14O4S/c1-8-10(14(15)16)7-19-13(8)9-4-5-11(17-2)12(6-9)18-3/h4-7H,1-3H3,(H,15,16). The highest BCUT2D eigenvalue weighted by Crippen LogP contribution is 2.37. The molecule has 0 amide bonds. The molecule has 19 heavy (non-hydrogen) atoms. The molecular formula is C14H14O4S. The van der Waals surface area contributed by atoms with Crippen molar-refractivity contribution >= 4 is 17.3 Å². The van der Waals surface area contributed by atoms with Crippen molar-refractivity contribution in [3.8, 4) is 21.9 Å². The molecule has 1 aromatic carbocycles. The van der Waals surface area contributed by atoms with E-state index in [1.165, 1.54) is 11.3 Å². The number of thiophene rings is 1. The molecule has 1 aromatic heterocycles. The molecule has 0 atom stereocenters. The van der Waals surface area contributed by atoms with Gasteiger partial charge in [-0.2, -0.15) is 0 Å². The van der Waals surface area contributed by atoms with Gasteiger partial charge in [0.15, 0.2) is 11.5 Å². The molecular weight excluding hydrogens is 264 g/mol. The van der Waals surface area contributed by atoms with Crippen LogP contribution >= 0.6 is 11.3 Å². The van der Waals surface area contributed by atoms with E-state index in [2.05, 4.69) is 0 Å². The lowest BCUT2D eigenvalue weighted by Crippen LogP contribution is -1.96. The first-order valence-corrected chi connectivity index (χ1v) is 6.50. The first kappa shape index (κ1) is 13.4. The minimum Gasteiger partial charge on any atom is -0.493 e. The van der Waals surface area contributed by atoms with Crippen LogP contribution in [-0.2, 0) is 0 Å². The van der Waals surface area contributed by atoms with Gasteiger partial charge in [0.25, 0.3) is 0 Å². The highest BCUT2D eigenvalue weighted by Gasteiger charge is 2.15. The van der Waals surface area contributed by atoms with Crippen molar-refractivity contribution in [2.45, 2.75) is 6.92 Å². The lowest BCUT2D eigenvalue weighted by molar-refractivity contribution is 0.0697. The average molecular weight is 278 g/mol. The van der Waals surface area contributed by atoms with Crippen LogP contribution in [0.15, 0.2) is 23.6 Å². The number of ether oxygens (including phenoxy) is 2. The van der Waals surface area contributed by atoms with Crippen molar-refractivity contribution in [1.82, 2.24) is 0 Å². The van der Waals surface area contributed by atoms with E-state index >= 15 is 0 Å². The van der Waals surface area contributed by atoms with Crippen molar-refractivity contribution < 1.29 is 19.4 Å². The molecule has 2 rings (SSSR count). The van der Waals surface area contributed by atoms with Crippen LogP contribution in [0, 0.1) is 6.92 Å². The Kier molecular flexibility index (Phi) is 3.76. The second-order valence-corrected chi connectivity index (χ2v) is 4.86. The van der Waals surface area contributed by atoms with Gasteiger partial charge in [0.1, 0.15) is 0 Å². The maximum absolute atomic E-state index is 11.1. The lowest BCUT2D eigenvalue weighted by atomic mass is 10.1. The van der Waals surface area contributed by atoms with Crippen LogP contribution in [0.3, 0.4) is 0 Å². The first-order valence-electron chi connectivity index (χ1n) is 5.62. The Morgan fingerprint density at radius 2 is 1.89 bits per heavy atom. The summed E-state index contributed by atoms with van der Waals surface area (Å²) in [5, 5.41) is 10.7. The summed E-state index contributed by atoms with van der Waals surface area (Å²) >= 11 is 1.41. The van der Waals surface area contributed by atoms with Gasteiger partial charge in [-0.25, -0.2) is 4.79 Å². The molecule has 4 nitrogen and oxygen atoms in total. The summed E-state index contributed by atoms with van der Waals surface area (Å²) in [7, 11) is 3.15. The zero-order chi connectivity index (χ0) is 14.0. The van der Waals surface area contributed by atoms with Crippen molar-refractivity contribution in [2.75, 3.05) is 14.2 Å². The third kappa shape index (κ3) is 2.42. The maximum Gasteiger partial charge on any atom is 0.336 e. The summed E-state index contributed by atoms with van der Waals surface area (Å²) in [5.41, 5.74) is 2.03. The maximum atomic E-state index is 11.1. The van der Waals surface area contributed by atoms with Crippen LogP contribution in [0.5, 0.6) is 11.5 Å². The van der Waals surface area contributed by atoms with Crippen molar-refractivity contribution in [1.29, 1.82) is 0 Å². The van der Waals surface area contributed by atoms with Gasteiger partial charge in [-0.1, -0.05) is 0 Å². The largest absolute Gasteiger partial charge is 0.493 e. The van der Waals surface area contributed by atoms with Gasteiger partial charge >= 0.3 is 5.97 Å². The van der Waals surface area contributed by atoms with E-state index in [1.807, 2.05) is 25.1 Å². The highest BCUT2D eigenvalue weighted by molar-refractivity contribution is 7.14. The summed E-state index contributed by atoms with van der Waals surface area (Å²) < 4.78 is 10.4. The van der Waals surface area contributed by atoms with Gasteiger partial charge in [0, 0.05) is 10.3 Å². The second kappa shape index (κ2) is 5.32. The Morgan fingerprint density at radius 1 is 1.21 bits per heavy atom. The van der Waals surface area contributed by atoms with E-state index in [-0.39, 0.29) is 0 Å². The van der Waals surface area contributed by atoms with E-state index in [4.69, 9.17) is 14.6 Å². The Hall–Kier alpha value is -2.01. The quantitative estimate of drug-likeness (QED) is 0.930. The molecule has 0 aliphatic carbocycles. The zero-order valence-corrected chi connectivity index (χ0v) is 11.7. The molecule has 1 N–H and O–H groups in total. The van der Waals surface area contributed by atoms with Crippen molar-refractivity contribution in [3.05, 3.63) is 34.7 Å². The Balaban J connectivity index is 2.50. The molecule has 100 valence electrons. The minimum atomic E-state index is -0.902. The fraction of sp³-hybridized carbons (Fsp3) is 0.214. The predicted molar refractivity (Wildman–Crippen MR) is 74.6 cm³/mol. The molecule has 5 heteroatoms. The lowest BCUT2D eigenvalue weighted by Gasteiger charge is -2.09. The summed E-state index contributed by atoms with van der Waals surface area (Å²) in [4.78, 5) is 12.0. The number of hydrogen-bond acceptors (Lipinski definition) is 4. The van der Waals surface area contributed by atoms with Crippen molar-refractivity contribution in [3.63, 3.8) is 0 Å². The topological polar surface area (TPSA) is 55.8 Å². The van der Waals surface area contributed by atoms with Crippen LogP contribution in [-0.4, -0.2) is 25.3 Å². The number of benzene rings is 1. The fourth-order valence-corrected chi connectivity index (χ4v) is 2.95. The molecule has 0 fully saturated rings. The van der Waals surface area contributed by atoms with Gasteiger partial charge in [0.2, 0.25) is 0 Å². The third-order valence-corrected chi connectivity index (χ3v) is 4.05. The van der Waals surface area contributed by atoms with Crippen LogP contribution in [0.1, 0.15) is 15.9 Å². The monoisotopic (exact) mass is 278 g/mol. The summed E-state index contributed by atoms with van der Waals surface area (Å²) in [5.74, 6) is 0.379. The van der Waals surface area contributed by atoms with Gasteiger partial charge in [0.05, 0.1) is 19.8 Å². The molecule has 0 spiro atoms. The van der Waals surface area contributed by atoms with E-state index in [9.17, 15) is 4.79 Å². The van der Waals surface area contributed by atoms with Gasteiger partial charge in [-0.15, -0.1) is 11.3 Å². The zero-order valence-electron chi connectivity index (χ0n) is 10.9. The van der Waals surface area contributed by atoms with Gasteiger partial charge in [-0.3, -0.25) is 0 Å². The minimum absolute atomic E-state index is 0.342. The van der Waals surface area contributed by atoms with Crippen LogP contribution in [0.4, 0.5) is 0 Å². The summed E-state index contributed by atoms with van der Waals surface area (Å²) in [6, 6.07) is 5.56. The number of aromatic carboxylic acids is 1. The third-order valence-electron chi connectivity index (χ3n) is 2.92. The molecule has 0 radical (unpaired) electrons. The SMILES string of the molecule is COc1ccc(-c2scc(C(=O)O)c2C)cc1OC. The van der Waals surface area contributed by atoms with Crippen molar-refractivity contribution in [2.24, 2.45) is 0 Å². The molecule has 1 heterocycles. The number of carboxylic acids is 1. The Bertz CT molecular complexity index is 616. The number of methoxy groups -OCH3 is 2. The highest BCUT2D eigenvalue weighted by atomic mass is 32.1. The van der Waals surface area contributed by atoms with E-state index in [0.29, 0.717) is 17.1 Å². The molecule has 0 aliphatic rings. The number of hydrogen-bond donors (Lipinski definition) is 1. The summed E-state index contributed by atoms with van der Waals surface area (Å²) in [6.07, 6.45) is 0. The number of carboxylic acid groups (broad SMARTS) is 1. The fourth-order valence-electron chi connectivity index (χ4n) is 1.89. The second-order valence-electron chi connectivity index (χ2n) is 3.98. The predicted octanol–water partition coefficient (Wildman–Crippen LogP) is 3.44. The van der Waals surface area contributed by atoms with Crippen LogP contribution in [0.2, 0.25) is 0 Å². The summed E-state index contributed by atoms with van der Waals surface area (Å²) in [6.45, 7) is 1.81. The number of carbonyl (C=O) groups is 1. The smallest absolute Gasteiger partial charge is 0.336 e. The van der Waals surface area contributed by atoms with E-state index < -0.39 is 5.97 Å². The van der Waals surface area contributed by atoms with E-state index in [0.717, 1.165) is 16.0 Å². The van der Waals surface area contributed by atoms with Gasteiger partial charge < -0.3 is 14.6 Å². The molecule has 0 unspecified atom stereocenters. The molecule has 0 bridgehead atoms. The Morgan fingerprint density at radius 3 is 2.42 bits per heavy atom. The van der Waals surface area contributed by atoms with Crippen LogP contribution < -0.4 is 9.47 Å². The molecule has 2 aromatic rings. The molecule has 0 saturated heterocycles. The molecule has 0 saturated carbocycles. The van der Waals surface area contributed by atoms with Gasteiger partial charge in [-0.05, 0) is 36.2 Å². The number of rotatable bonds is 4. The molecule has 0 aliphatic heterocycles. The van der Waals surface area contributed by atoms with Crippen LogP contribution in [0.25, 0.3) is 10.4 Å².